The number of hydrogen-bond acceptors (Lipinski definition) is 8. The molecule has 0 spiro atoms. The number of thioether (sulfide) groups is 1. The van der Waals surface area contributed by atoms with Gasteiger partial charge in [-0.2, -0.15) is 5.26 Å². The number of para-hydroxylation sites is 3. The Labute approximate surface area is 253 Å². The molecule has 216 valence electrons. The molecular formula is C33H28N4O5S. The molecule has 2 amide bonds. The van der Waals surface area contributed by atoms with E-state index in [0.717, 1.165) is 5.75 Å². The predicted molar refractivity (Wildman–Crippen MR) is 166 cm³/mol. The molecule has 1 aliphatic heterocycles. The van der Waals surface area contributed by atoms with Gasteiger partial charge in [-0.05, 0) is 67.6 Å². The zero-order chi connectivity index (χ0) is 30.2. The van der Waals surface area contributed by atoms with Gasteiger partial charge in [0.05, 0.1) is 53.0 Å². The maximum absolute atomic E-state index is 13.6. The van der Waals surface area contributed by atoms with Gasteiger partial charge in [0.2, 0.25) is 5.91 Å². The molecule has 2 heterocycles. The summed E-state index contributed by atoms with van der Waals surface area (Å²) in [6.07, 6.45) is 1.49. The van der Waals surface area contributed by atoms with E-state index < -0.39 is 11.8 Å². The fourth-order valence-electron chi connectivity index (χ4n) is 4.57. The van der Waals surface area contributed by atoms with Gasteiger partial charge in [0.1, 0.15) is 23.0 Å². The standard InChI is InChI=1S/C33H28N4O5S/c1-21-30(32(39)37-26-11-6-7-12-27(26)40-2)31(28-13-8-18-41-28)25(19-34)33(35-21)43-20-29(38)36-22-14-16-24(17-15-22)42-23-9-4-3-5-10-23/h3-18,31,35H,20H2,1-2H3,(H,36,38)(H,37,39)/t31-/m1/s1. The normalized spacial score (nSPS) is 14.4. The van der Waals surface area contributed by atoms with Crippen molar-refractivity contribution in [3.8, 4) is 23.3 Å². The number of nitrogens with zero attached hydrogens (tertiary/aromatic N) is 1. The maximum atomic E-state index is 13.6. The molecule has 5 rings (SSSR count). The smallest absolute Gasteiger partial charge is 0.254 e. The number of allylic oxidation sites excluding steroid dienone is 2. The molecule has 0 saturated heterocycles. The summed E-state index contributed by atoms with van der Waals surface area (Å²) in [7, 11) is 1.52. The van der Waals surface area contributed by atoms with Gasteiger partial charge in [-0.1, -0.05) is 42.1 Å². The number of hydrogen-bond donors (Lipinski definition) is 3. The SMILES string of the molecule is COc1ccccc1NC(=O)C1=C(C)NC(SCC(=O)Nc2ccc(Oc3ccccc3)cc2)=C(C#N)[C@@H]1c1ccco1. The van der Waals surface area contributed by atoms with Crippen LogP contribution in [0.5, 0.6) is 17.2 Å². The van der Waals surface area contributed by atoms with E-state index in [1.807, 2.05) is 30.3 Å². The summed E-state index contributed by atoms with van der Waals surface area (Å²) in [5, 5.41) is 19.6. The summed E-state index contributed by atoms with van der Waals surface area (Å²) in [5.74, 6) is 0.872. The lowest BCUT2D eigenvalue weighted by atomic mass is 9.85. The van der Waals surface area contributed by atoms with Crippen LogP contribution in [0.2, 0.25) is 0 Å². The minimum absolute atomic E-state index is 0.0245. The molecule has 4 aromatic rings. The van der Waals surface area contributed by atoms with Gasteiger partial charge in [0.25, 0.3) is 5.91 Å². The van der Waals surface area contributed by atoms with Gasteiger partial charge >= 0.3 is 0 Å². The number of carbonyl (C=O) groups is 2. The molecule has 3 aromatic carbocycles. The van der Waals surface area contributed by atoms with Crippen molar-refractivity contribution in [1.82, 2.24) is 5.32 Å². The summed E-state index contributed by atoms with van der Waals surface area (Å²) in [4.78, 5) is 26.4. The van der Waals surface area contributed by atoms with Gasteiger partial charge < -0.3 is 29.8 Å². The van der Waals surface area contributed by atoms with E-state index in [0.29, 0.717) is 44.9 Å². The molecule has 0 fully saturated rings. The number of nitriles is 1. The Morgan fingerprint density at radius 1 is 0.953 bits per heavy atom. The first kappa shape index (κ1) is 29.1. The second-order valence-electron chi connectivity index (χ2n) is 9.40. The monoisotopic (exact) mass is 592 g/mol. The van der Waals surface area contributed by atoms with Crippen molar-refractivity contribution in [2.75, 3.05) is 23.5 Å². The van der Waals surface area contributed by atoms with E-state index in [4.69, 9.17) is 13.9 Å². The lowest BCUT2D eigenvalue weighted by molar-refractivity contribution is -0.114. The Balaban J connectivity index is 1.29. The number of furan rings is 1. The molecule has 0 saturated carbocycles. The lowest BCUT2D eigenvalue weighted by Gasteiger charge is -2.28. The average molecular weight is 593 g/mol. The van der Waals surface area contributed by atoms with Crippen molar-refractivity contribution >= 4 is 35.0 Å². The first-order valence-corrected chi connectivity index (χ1v) is 14.3. The van der Waals surface area contributed by atoms with Crippen LogP contribution in [0.1, 0.15) is 18.6 Å². The first-order chi connectivity index (χ1) is 21.0. The van der Waals surface area contributed by atoms with E-state index in [1.165, 1.54) is 25.1 Å². The number of amides is 2. The van der Waals surface area contributed by atoms with Crippen LogP contribution < -0.4 is 25.4 Å². The highest BCUT2D eigenvalue weighted by Gasteiger charge is 2.36. The second-order valence-corrected chi connectivity index (χ2v) is 10.4. The van der Waals surface area contributed by atoms with E-state index in [9.17, 15) is 14.9 Å². The third-order valence-corrected chi connectivity index (χ3v) is 7.56. The van der Waals surface area contributed by atoms with Gasteiger partial charge in [-0.25, -0.2) is 0 Å². The quantitative estimate of drug-likeness (QED) is 0.184. The number of dihydropyridines is 1. The van der Waals surface area contributed by atoms with Crippen molar-refractivity contribution in [1.29, 1.82) is 5.26 Å². The van der Waals surface area contributed by atoms with Crippen LogP contribution >= 0.6 is 11.8 Å². The summed E-state index contributed by atoms with van der Waals surface area (Å²) in [6.45, 7) is 1.75. The molecule has 0 aliphatic carbocycles. The van der Waals surface area contributed by atoms with Crippen LogP contribution in [-0.2, 0) is 9.59 Å². The zero-order valence-electron chi connectivity index (χ0n) is 23.4. The number of carbonyl (C=O) groups excluding carboxylic acids is 2. The summed E-state index contributed by atoms with van der Waals surface area (Å²) < 4.78 is 16.9. The molecule has 1 aliphatic rings. The van der Waals surface area contributed by atoms with Gasteiger partial charge in [0, 0.05) is 11.4 Å². The maximum Gasteiger partial charge on any atom is 0.254 e. The van der Waals surface area contributed by atoms with Crippen LogP contribution in [0.4, 0.5) is 11.4 Å². The van der Waals surface area contributed by atoms with E-state index in [2.05, 4.69) is 22.0 Å². The Morgan fingerprint density at radius 2 is 1.67 bits per heavy atom. The number of rotatable bonds is 10. The molecule has 0 radical (unpaired) electrons. The third kappa shape index (κ3) is 6.92. The third-order valence-electron chi connectivity index (χ3n) is 6.54. The molecule has 0 unspecified atom stereocenters. The van der Waals surface area contributed by atoms with Crippen LogP contribution in [0.25, 0.3) is 0 Å². The zero-order valence-corrected chi connectivity index (χ0v) is 24.2. The molecular weight excluding hydrogens is 564 g/mol. The fraction of sp³-hybridized carbons (Fsp3) is 0.121. The number of anilines is 2. The highest BCUT2D eigenvalue weighted by molar-refractivity contribution is 8.03. The topological polar surface area (TPSA) is 126 Å². The Morgan fingerprint density at radius 3 is 2.37 bits per heavy atom. The van der Waals surface area contributed by atoms with E-state index in [1.54, 1.807) is 67.6 Å². The minimum atomic E-state index is -0.779. The summed E-state index contributed by atoms with van der Waals surface area (Å²) in [6, 6.07) is 29.2. The van der Waals surface area contributed by atoms with E-state index >= 15 is 0 Å². The van der Waals surface area contributed by atoms with Crippen LogP contribution in [0.3, 0.4) is 0 Å². The molecule has 9 nitrogen and oxygen atoms in total. The van der Waals surface area contributed by atoms with Crippen molar-refractivity contribution < 1.29 is 23.5 Å². The molecule has 1 atom stereocenters. The molecule has 43 heavy (non-hydrogen) atoms. The number of ether oxygens (including phenoxy) is 2. The Hall–Kier alpha value is -5.40. The van der Waals surface area contributed by atoms with Crippen molar-refractivity contribution in [2.45, 2.75) is 12.8 Å². The van der Waals surface area contributed by atoms with Crippen LogP contribution in [0, 0.1) is 11.3 Å². The van der Waals surface area contributed by atoms with Crippen molar-refractivity contribution in [3.05, 3.63) is 125 Å². The second kappa shape index (κ2) is 13.5. The highest BCUT2D eigenvalue weighted by atomic mass is 32.2. The van der Waals surface area contributed by atoms with Gasteiger partial charge in [0.15, 0.2) is 0 Å². The molecule has 0 bridgehead atoms. The largest absolute Gasteiger partial charge is 0.495 e. The highest BCUT2D eigenvalue weighted by Crippen LogP contribution is 2.41. The molecule has 10 heteroatoms. The lowest BCUT2D eigenvalue weighted by Crippen LogP contribution is -2.31. The van der Waals surface area contributed by atoms with E-state index in [-0.39, 0.29) is 17.2 Å². The van der Waals surface area contributed by atoms with Gasteiger partial charge in [-0.3, -0.25) is 9.59 Å². The van der Waals surface area contributed by atoms with Crippen LogP contribution in [0.15, 0.2) is 124 Å². The first-order valence-electron chi connectivity index (χ1n) is 13.3. The molecule has 3 N–H and O–H groups in total. The summed E-state index contributed by atoms with van der Waals surface area (Å²) >= 11 is 1.17. The predicted octanol–water partition coefficient (Wildman–Crippen LogP) is 6.79. The number of benzene rings is 3. The van der Waals surface area contributed by atoms with Gasteiger partial charge in [-0.15, -0.1) is 0 Å². The van der Waals surface area contributed by atoms with Crippen molar-refractivity contribution in [2.24, 2.45) is 0 Å². The minimum Gasteiger partial charge on any atom is -0.495 e. The average Bonchev–Trinajstić information content (AvgIpc) is 3.56. The van der Waals surface area contributed by atoms with Crippen molar-refractivity contribution in [3.63, 3.8) is 0 Å². The molecule has 1 aromatic heterocycles. The Bertz CT molecular complexity index is 1710. The summed E-state index contributed by atoms with van der Waals surface area (Å²) in [5.41, 5.74) is 2.23. The number of nitrogens with one attached hydrogen (secondary N) is 3. The fourth-order valence-corrected chi connectivity index (χ4v) is 5.46. The van der Waals surface area contributed by atoms with Crippen LogP contribution in [-0.4, -0.2) is 24.7 Å². The Kier molecular flexibility index (Phi) is 9.14. The number of methoxy groups -OCH3 is 1.